The van der Waals surface area contributed by atoms with Gasteiger partial charge in [0.15, 0.2) is 5.75 Å². The van der Waals surface area contributed by atoms with Crippen LogP contribution in [0.2, 0.25) is 0 Å². The third-order valence-corrected chi connectivity index (χ3v) is 3.23. The lowest BCUT2D eigenvalue weighted by molar-refractivity contribution is 0.490. The molecule has 0 spiro atoms. The molecule has 1 aromatic carbocycles. The van der Waals surface area contributed by atoms with Crippen molar-refractivity contribution in [3.05, 3.63) is 34.5 Å². The molecule has 0 saturated carbocycles. The molecule has 0 aliphatic carbocycles. The Morgan fingerprint density at radius 3 is 2.47 bits per heavy atom. The first-order chi connectivity index (χ1) is 8.97. The molecule has 19 heavy (non-hydrogen) atoms. The van der Waals surface area contributed by atoms with Gasteiger partial charge in [-0.25, -0.2) is 0 Å². The summed E-state index contributed by atoms with van der Waals surface area (Å²) < 4.78 is 27.5. The molecule has 0 aromatic heterocycles. The van der Waals surface area contributed by atoms with Gasteiger partial charge in [-0.05, 0) is 12.1 Å². The lowest BCUT2D eigenvalue weighted by Crippen LogP contribution is -2.45. The quantitative estimate of drug-likeness (QED) is 0.774. The van der Waals surface area contributed by atoms with Gasteiger partial charge in [0.1, 0.15) is 5.69 Å². The van der Waals surface area contributed by atoms with Crippen LogP contribution in [0.5, 0.6) is 5.75 Å². The van der Waals surface area contributed by atoms with Gasteiger partial charge in [-0.1, -0.05) is 12.1 Å². The summed E-state index contributed by atoms with van der Waals surface area (Å²) in [4.78, 5) is 13.9. The fraction of sp³-hybridized carbons (Fsp3) is 0.417. The topological polar surface area (TPSA) is 75.7 Å². The summed E-state index contributed by atoms with van der Waals surface area (Å²) in [5.41, 5.74) is 0.0578. The fourth-order valence-electron chi connectivity index (χ4n) is 2.00. The van der Waals surface area contributed by atoms with Crippen molar-refractivity contribution in [2.75, 3.05) is 37.3 Å². The van der Waals surface area contributed by atoms with Crippen LogP contribution in [0, 0.1) is 0 Å². The second-order valence-corrected chi connectivity index (χ2v) is 5.89. The minimum absolute atomic E-state index is 0.0828. The smallest absolute Gasteiger partial charge is 0.306 e. The van der Waals surface area contributed by atoms with Gasteiger partial charge >= 0.3 is 10.1 Å². The van der Waals surface area contributed by atoms with Gasteiger partial charge in [-0.15, -0.1) is 0 Å². The van der Waals surface area contributed by atoms with Crippen molar-refractivity contribution in [1.82, 2.24) is 5.32 Å². The Morgan fingerprint density at radius 1 is 1.21 bits per heavy atom. The average Bonchev–Trinajstić information content (AvgIpc) is 2.50. The molecule has 1 fully saturated rings. The number of nitrogens with one attached hydrogen (secondary N) is 1. The first-order valence-corrected chi connectivity index (χ1v) is 7.77. The summed E-state index contributed by atoms with van der Waals surface area (Å²) in [6.45, 7) is 2.77. The Morgan fingerprint density at radius 2 is 1.84 bits per heavy atom. The number of anilines is 1. The van der Waals surface area contributed by atoms with Crippen molar-refractivity contribution in [2.24, 2.45) is 0 Å². The molecule has 1 N–H and O–H groups in total. The molecule has 0 unspecified atom stereocenters. The minimum Gasteiger partial charge on any atom is -0.380 e. The highest BCUT2D eigenvalue weighted by Gasteiger charge is 2.19. The zero-order chi connectivity index (χ0) is 13.9. The second kappa shape index (κ2) is 5.58. The molecule has 0 bridgehead atoms. The minimum atomic E-state index is -3.67. The lowest BCUT2D eigenvalue weighted by atomic mass is 10.3. The van der Waals surface area contributed by atoms with E-state index in [9.17, 15) is 13.2 Å². The third kappa shape index (κ3) is 3.68. The molecule has 1 aromatic rings. The van der Waals surface area contributed by atoms with E-state index in [2.05, 4.69) is 5.32 Å². The van der Waals surface area contributed by atoms with E-state index in [1.165, 1.54) is 12.1 Å². The van der Waals surface area contributed by atoms with Crippen molar-refractivity contribution < 1.29 is 12.6 Å². The van der Waals surface area contributed by atoms with Crippen molar-refractivity contribution in [3.8, 4) is 5.75 Å². The van der Waals surface area contributed by atoms with E-state index in [-0.39, 0.29) is 11.2 Å². The molecule has 7 heteroatoms. The van der Waals surface area contributed by atoms with Crippen LogP contribution in [0.1, 0.15) is 0 Å². The van der Waals surface area contributed by atoms with Crippen LogP contribution < -0.4 is 19.8 Å². The maximum atomic E-state index is 12.1. The Labute approximate surface area is 112 Å². The Balaban J connectivity index is 2.50. The van der Waals surface area contributed by atoms with Gasteiger partial charge in [0.25, 0.3) is 0 Å². The van der Waals surface area contributed by atoms with E-state index in [4.69, 9.17) is 4.18 Å². The predicted molar refractivity (Wildman–Crippen MR) is 73.3 cm³/mol. The second-order valence-electron chi connectivity index (χ2n) is 4.32. The van der Waals surface area contributed by atoms with E-state index >= 15 is 0 Å². The van der Waals surface area contributed by atoms with E-state index in [1.807, 2.05) is 4.90 Å². The summed E-state index contributed by atoms with van der Waals surface area (Å²) >= 11 is 0. The lowest BCUT2D eigenvalue weighted by Gasteiger charge is -2.29. The molecule has 2 rings (SSSR count). The normalized spacial score (nSPS) is 16.2. The molecule has 0 radical (unpaired) electrons. The molecular formula is C12H16N2O4S. The number of rotatable bonds is 3. The molecule has 1 aliphatic heterocycles. The highest BCUT2D eigenvalue weighted by Crippen LogP contribution is 2.24. The molecule has 0 atom stereocenters. The Hall–Kier alpha value is -1.60. The van der Waals surface area contributed by atoms with Crippen LogP contribution in [-0.4, -0.2) is 40.9 Å². The average molecular weight is 284 g/mol. The van der Waals surface area contributed by atoms with Gasteiger partial charge in [0.05, 0.1) is 6.26 Å². The number of hydrogen-bond donors (Lipinski definition) is 1. The first kappa shape index (κ1) is 13.8. The first-order valence-electron chi connectivity index (χ1n) is 5.96. The summed E-state index contributed by atoms with van der Waals surface area (Å²) in [5.74, 6) is 0.0828. The van der Waals surface area contributed by atoms with Crippen molar-refractivity contribution in [3.63, 3.8) is 0 Å². The van der Waals surface area contributed by atoms with Crippen LogP contribution in [-0.2, 0) is 10.1 Å². The Kier molecular flexibility index (Phi) is 4.06. The van der Waals surface area contributed by atoms with Crippen LogP contribution >= 0.6 is 0 Å². The van der Waals surface area contributed by atoms with E-state index < -0.39 is 10.1 Å². The van der Waals surface area contributed by atoms with Gasteiger partial charge in [0.2, 0.25) is 5.43 Å². The SMILES string of the molecule is CS(=O)(=O)Oc1ccccc(=O)c1N1CCNCC1. The van der Waals surface area contributed by atoms with Crippen molar-refractivity contribution in [2.45, 2.75) is 0 Å². The molecule has 104 valence electrons. The van der Waals surface area contributed by atoms with Crippen molar-refractivity contribution >= 4 is 15.8 Å². The van der Waals surface area contributed by atoms with Gasteiger partial charge in [-0.2, -0.15) is 8.42 Å². The zero-order valence-electron chi connectivity index (χ0n) is 10.6. The van der Waals surface area contributed by atoms with Crippen LogP contribution in [0.4, 0.5) is 5.69 Å². The predicted octanol–water partition coefficient (Wildman–Crippen LogP) is -0.205. The van der Waals surface area contributed by atoms with Gasteiger partial charge in [0, 0.05) is 26.2 Å². The third-order valence-electron chi connectivity index (χ3n) is 2.75. The largest absolute Gasteiger partial charge is 0.380 e. The fourth-order valence-corrected chi connectivity index (χ4v) is 2.46. The molecule has 0 amide bonds. The van der Waals surface area contributed by atoms with Crippen LogP contribution in [0.3, 0.4) is 0 Å². The van der Waals surface area contributed by atoms with E-state index in [0.717, 1.165) is 19.3 Å². The summed E-state index contributed by atoms with van der Waals surface area (Å²) in [7, 11) is -3.67. The van der Waals surface area contributed by atoms with Crippen LogP contribution in [0.15, 0.2) is 29.1 Å². The van der Waals surface area contributed by atoms with Crippen LogP contribution in [0.25, 0.3) is 0 Å². The van der Waals surface area contributed by atoms with Crippen molar-refractivity contribution in [1.29, 1.82) is 0 Å². The van der Waals surface area contributed by atoms with Gasteiger partial charge < -0.3 is 14.4 Å². The van der Waals surface area contributed by atoms with Gasteiger partial charge in [-0.3, -0.25) is 4.79 Å². The molecule has 6 nitrogen and oxygen atoms in total. The standard InChI is InChI=1S/C12H16N2O4S/c1-19(16,17)18-11-5-3-2-4-10(15)12(11)14-8-6-13-7-9-14/h2-5,13H,6-9H2,1H3. The Bertz CT molecular complexity index is 609. The van der Waals surface area contributed by atoms with E-state index in [0.29, 0.717) is 18.8 Å². The maximum absolute atomic E-state index is 12.1. The monoisotopic (exact) mass is 284 g/mol. The van der Waals surface area contributed by atoms with E-state index in [1.54, 1.807) is 12.1 Å². The summed E-state index contributed by atoms with van der Waals surface area (Å²) in [5, 5.41) is 3.18. The highest BCUT2D eigenvalue weighted by molar-refractivity contribution is 7.86. The zero-order valence-corrected chi connectivity index (χ0v) is 11.4. The number of nitrogens with zero attached hydrogens (tertiary/aromatic N) is 1. The summed E-state index contributed by atoms with van der Waals surface area (Å²) in [6, 6.07) is 6.07. The molecule has 1 heterocycles. The number of piperazine rings is 1. The molecular weight excluding hydrogens is 268 g/mol. The molecule has 1 aliphatic rings. The summed E-state index contributed by atoms with van der Waals surface area (Å²) in [6.07, 6.45) is 0.964. The molecule has 1 saturated heterocycles. The maximum Gasteiger partial charge on any atom is 0.306 e. The number of hydrogen-bond acceptors (Lipinski definition) is 6. The highest BCUT2D eigenvalue weighted by atomic mass is 32.2.